The molecule has 0 radical (unpaired) electrons. The van der Waals surface area contributed by atoms with Gasteiger partial charge in [-0.15, -0.1) is 11.3 Å². The highest BCUT2D eigenvalue weighted by Gasteiger charge is 2.05. The van der Waals surface area contributed by atoms with Gasteiger partial charge in [-0.25, -0.2) is 0 Å². The van der Waals surface area contributed by atoms with Gasteiger partial charge in [-0.1, -0.05) is 18.2 Å². The van der Waals surface area contributed by atoms with Gasteiger partial charge in [-0.05, 0) is 43.0 Å². The average Bonchev–Trinajstić information content (AvgIpc) is 2.91. The van der Waals surface area contributed by atoms with Crippen LogP contribution in [0.3, 0.4) is 0 Å². The van der Waals surface area contributed by atoms with E-state index in [9.17, 15) is 0 Å². The molecular weight excluding hydrogens is 242 g/mol. The van der Waals surface area contributed by atoms with E-state index in [0.717, 1.165) is 12.3 Å². The Kier molecular flexibility index (Phi) is 4.79. The molecule has 0 aliphatic carbocycles. The number of hydrogen-bond donors (Lipinski definition) is 1. The smallest absolute Gasteiger partial charge is 0.119 e. The first kappa shape index (κ1) is 13.1. The molecule has 0 unspecified atom stereocenters. The molecule has 0 aliphatic heterocycles. The SMILES string of the molecule is CCOc1cccc(CN[C@@H](C)c2cccs2)c1. The average molecular weight is 261 g/mol. The number of thiophene rings is 1. The van der Waals surface area contributed by atoms with Crippen LogP contribution in [0.2, 0.25) is 0 Å². The fraction of sp³-hybridized carbons (Fsp3) is 0.333. The summed E-state index contributed by atoms with van der Waals surface area (Å²) in [4.78, 5) is 1.37. The Morgan fingerprint density at radius 1 is 1.28 bits per heavy atom. The molecular formula is C15H19NOS. The van der Waals surface area contributed by atoms with Crippen LogP contribution in [0.25, 0.3) is 0 Å². The third-order valence-corrected chi connectivity index (χ3v) is 3.85. The van der Waals surface area contributed by atoms with E-state index in [1.165, 1.54) is 10.4 Å². The number of benzene rings is 1. The van der Waals surface area contributed by atoms with Crippen molar-refractivity contribution in [2.75, 3.05) is 6.61 Å². The highest BCUT2D eigenvalue weighted by Crippen LogP contribution is 2.19. The molecule has 1 aromatic heterocycles. The number of ether oxygens (including phenoxy) is 1. The van der Waals surface area contributed by atoms with Crippen molar-refractivity contribution in [1.29, 1.82) is 0 Å². The number of nitrogens with one attached hydrogen (secondary N) is 1. The summed E-state index contributed by atoms with van der Waals surface area (Å²) in [6.07, 6.45) is 0. The summed E-state index contributed by atoms with van der Waals surface area (Å²) in [5, 5.41) is 5.64. The van der Waals surface area contributed by atoms with Gasteiger partial charge >= 0.3 is 0 Å². The molecule has 0 fully saturated rings. The van der Waals surface area contributed by atoms with Gasteiger partial charge in [0.05, 0.1) is 6.61 Å². The van der Waals surface area contributed by atoms with Crippen molar-refractivity contribution in [1.82, 2.24) is 5.32 Å². The summed E-state index contributed by atoms with van der Waals surface area (Å²) in [5.74, 6) is 0.945. The molecule has 1 aromatic carbocycles. The molecule has 0 bridgehead atoms. The van der Waals surface area contributed by atoms with E-state index in [0.29, 0.717) is 12.6 Å². The Balaban J connectivity index is 1.91. The first-order chi connectivity index (χ1) is 8.79. The van der Waals surface area contributed by atoms with Crippen LogP contribution in [0.15, 0.2) is 41.8 Å². The molecule has 2 aromatic rings. The van der Waals surface area contributed by atoms with Gasteiger partial charge in [0.15, 0.2) is 0 Å². The quantitative estimate of drug-likeness (QED) is 0.848. The van der Waals surface area contributed by atoms with Gasteiger partial charge < -0.3 is 10.1 Å². The third kappa shape index (κ3) is 3.59. The van der Waals surface area contributed by atoms with Crippen molar-refractivity contribution in [3.63, 3.8) is 0 Å². The highest BCUT2D eigenvalue weighted by molar-refractivity contribution is 7.10. The fourth-order valence-electron chi connectivity index (χ4n) is 1.82. The Hall–Kier alpha value is -1.32. The largest absolute Gasteiger partial charge is 0.494 e. The lowest BCUT2D eigenvalue weighted by atomic mass is 10.2. The zero-order valence-corrected chi connectivity index (χ0v) is 11.7. The van der Waals surface area contributed by atoms with Crippen LogP contribution in [-0.4, -0.2) is 6.61 Å². The monoisotopic (exact) mass is 261 g/mol. The van der Waals surface area contributed by atoms with Crippen LogP contribution in [0.1, 0.15) is 30.3 Å². The van der Waals surface area contributed by atoms with E-state index in [4.69, 9.17) is 4.74 Å². The zero-order chi connectivity index (χ0) is 12.8. The molecule has 0 saturated carbocycles. The molecule has 96 valence electrons. The predicted octanol–water partition coefficient (Wildman–Crippen LogP) is 4.00. The van der Waals surface area contributed by atoms with Crippen molar-refractivity contribution in [3.8, 4) is 5.75 Å². The van der Waals surface area contributed by atoms with Gasteiger partial charge in [0.25, 0.3) is 0 Å². The third-order valence-electron chi connectivity index (χ3n) is 2.79. The molecule has 0 spiro atoms. The summed E-state index contributed by atoms with van der Waals surface area (Å²) in [6.45, 7) is 5.77. The second-order valence-corrected chi connectivity index (χ2v) is 5.18. The lowest BCUT2D eigenvalue weighted by Crippen LogP contribution is -2.17. The van der Waals surface area contributed by atoms with E-state index >= 15 is 0 Å². The fourth-order valence-corrected chi connectivity index (χ4v) is 2.58. The molecule has 3 heteroatoms. The summed E-state index contributed by atoms with van der Waals surface area (Å²) in [7, 11) is 0. The first-order valence-electron chi connectivity index (χ1n) is 6.28. The summed E-state index contributed by atoms with van der Waals surface area (Å²) < 4.78 is 5.50. The molecule has 2 nitrogen and oxygen atoms in total. The van der Waals surface area contributed by atoms with Crippen LogP contribution in [0.5, 0.6) is 5.75 Å². The Morgan fingerprint density at radius 3 is 2.89 bits per heavy atom. The van der Waals surface area contributed by atoms with Crippen molar-refractivity contribution in [2.24, 2.45) is 0 Å². The lowest BCUT2D eigenvalue weighted by Gasteiger charge is -2.12. The van der Waals surface area contributed by atoms with E-state index < -0.39 is 0 Å². The van der Waals surface area contributed by atoms with Gasteiger partial charge in [-0.3, -0.25) is 0 Å². The van der Waals surface area contributed by atoms with Crippen LogP contribution < -0.4 is 10.1 Å². The zero-order valence-electron chi connectivity index (χ0n) is 10.8. The predicted molar refractivity (Wildman–Crippen MR) is 77.2 cm³/mol. The second kappa shape index (κ2) is 6.57. The lowest BCUT2D eigenvalue weighted by molar-refractivity contribution is 0.339. The molecule has 0 amide bonds. The van der Waals surface area contributed by atoms with E-state index in [2.05, 4.69) is 41.9 Å². The van der Waals surface area contributed by atoms with Crippen LogP contribution >= 0.6 is 11.3 Å². The Labute approximate surface area is 113 Å². The maximum absolute atomic E-state index is 5.50. The molecule has 2 rings (SSSR count). The summed E-state index contributed by atoms with van der Waals surface area (Å²) in [6, 6.07) is 12.9. The summed E-state index contributed by atoms with van der Waals surface area (Å²) in [5.41, 5.74) is 1.25. The number of rotatable bonds is 6. The Morgan fingerprint density at radius 2 is 2.17 bits per heavy atom. The van der Waals surface area contributed by atoms with E-state index in [1.807, 2.05) is 19.1 Å². The molecule has 18 heavy (non-hydrogen) atoms. The molecule has 1 atom stereocenters. The van der Waals surface area contributed by atoms with Crippen molar-refractivity contribution in [3.05, 3.63) is 52.2 Å². The van der Waals surface area contributed by atoms with Gasteiger partial charge in [-0.2, -0.15) is 0 Å². The van der Waals surface area contributed by atoms with Crippen molar-refractivity contribution in [2.45, 2.75) is 26.4 Å². The van der Waals surface area contributed by atoms with E-state index in [1.54, 1.807) is 11.3 Å². The highest BCUT2D eigenvalue weighted by atomic mass is 32.1. The maximum atomic E-state index is 5.50. The van der Waals surface area contributed by atoms with Gasteiger partial charge in [0.2, 0.25) is 0 Å². The number of hydrogen-bond acceptors (Lipinski definition) is 3. The maximum Gasteiger partial charge on any atom is 0.119 e. The standard InChI is InChI=1S/C15H19NOS/c1-3-17-14-7-4-6-13(10-14)11-16-12(2)15-8-5-9-18-15/h4-10,12,16H,3,11H2,1-2H3/t12-/m0/s1. The normalized spacial score (nSPS) is 12.3. The van der Waals surface area contributed by atoms with E-state index in [-0.39, 0.29) is 0 Å². The van der Waals surface area contributed by atoms with Gasteiger partial charge in [0, 0.05) is 17.5 Å². The molecule has 0 aliphatic rings. The minimum absolute atomic E-state index is 0.390. The molecule has 1 N–H and O–H groups in total. The van der Waals surface area contributed by atoms with Gasteiger partial charge in [0.1, 0.15) is 5.75 Å². The molecule has 0 saturated heterocycles. The second-order valence-electron chi connectivity index (χ2n) is 4.20. The first-order valence-corrected chi connectivity index (χ1v) is 7.16. The van der Waals surface area contributed by atoms with Crippen molar-refractivity contribution >= 4 is 11.3 Å². The van der Waals surface area contributed by atoms with Crippen LogP contribution in [0.4, 0.5) is 0 Å². The minimum Gasteiger partial charge on any atom is -0.494 e. The minimum atomic E-state index is 0.390. The Bertz CT molecular complexity index is 467. The van der Waals surface area contributed by atoms with Crippen LogP contribution in [-0.2, 0) is 6.54 Å². The topological polar surface area (TPSA) is 21.3 Å². The van der Waals surface area contributed by atoms with Crippen LogP contribution in [0, 0.1) is 0 Å². The van der Waals surface area contributed by atoms with Crippen molar-refractivity contribution < 1.29 is 4.74 Å². The summed E-state index contributed by atoms with van der Waals surface area (Å²) >= 11 is 1.79. The molecule has 1 heterocycles.